The van der Waals surface area contributed by atoms with Gasteiger partial charge in [-0.15, -0.1) is 0 Å². The summed E-state index contributed by atoms with van der Waals surface area (Å²) >= 11 is 0. The summed E-state index contributed by atoms with van der Waals surface area (Å²) < 4.78 is 0. The third-order valence-corrected chi connectivity index (χ3v) is 2.52. The van der Waals surface area contributed by atoms with Crippen molar-refractivity contribution < 1.29 is 14.7 Å². The van der Waals surface area contributed by atoms with E-state index < -0.39 is 11.9 Å². The van der Waals surface area contributed by atoms with Crippen LogP contribution in [0.1, 0.15) is 5.56 Å². The Labute approximate surface area is 118 Å². The second-order valence-electron chi connectivity index (χ2n) is 4.54. The number of hydrogen-bond acceptors (Lipinski definition) is 3. The first-order valence-electron chi connectivity index (χ1n) is 6.21. The van der Waals surface area contributed by atoms with Crippen LogP contribution < -0.4 is 0 Å². The molecule has 5 nitrogen and oxygen atoms in total. The molecule has 1 aromatic carbocycles. The predicted octanol–water partition coefficient (Wildman–Crippen LogP) is 0.513. The highest BCUT2D eigenvalue weighted by Crippen LogP contribution is 1.96. The zero-order valence-electron chi connectivity index (χ0n) is 11.7. The molecule has 0 saturated carbocycles. The van der Waals surface area contributed by atoms with Gasteiger partial charge in [-0.25, -0.2) is 0 Å². The zero-order chi connectivity index (χ0) is 15.0. The fourth-order valence-electron chi connectivity index (χ4n) is 1.46. The van der Waals surface area contributed by atoms with Crippen molar-refractivity contribution >= 4 is 11.9 Å². The lowest BCUT2D eigenvalue weighted by molar-refractivity contribution is -0.142. The molecule has 0 fully saturated rings. The van der Waals surface area contributed by atoms with E-state index >= 15 is 0 Å². The Bertz CT molecular complexity index is 515. The number of likely N-dealkylation sites (N-methyl/N-ethyl adjacent to an activating group) is 1. The van der Waals surface area contributed by atoms with Gasteiger partial charge in [0, 0.05) is 24.6 Å². The maximum atomic E-state index is 11.9. The number of carboxylic acid groups (broad SMARTS) is 1. The Hall–Kier alpha value is -2.32. The van der Waals surface area contributed by atoms with Gasteiger partial charge in [0.1, 0.15) is 6.54 Å². The van der Waals surface area contributed by atoms with Crippen LogP contribution in [0.4, 0.5) is 0 Å². The largest absolute Gasteiger partial charge is 0.480 e. The second-order valence-corrected chi connectivity index (χ2v) is 4.54. The van der Waals surface area contributed by atoms with Gasteiger partial charge in [-0.3, -0.25) is 9.59 Å². The van der Waals surface area contributed by atoms with E-state index in [-0.39, 0.29) is 6.54 Å². The van der Waals surface area contributed by atoms with E-state index in [1.54, 1.807) is 12.1 Å². The minimum atomic E-state index is -1.04. The van der Waals surface area contributed by atoms with Crippen LogP contribution in [0.2, 0.25) is 0 Å². The molecule has 106 valence electrons. The van der Waals surface area contributed by atoms with Gasteiger partial charge in [-0.2, -0.15) is 0 Å². The molecule has 0 spiro atoms. The average molecular weight is 274 g/mol. The number of carbonyl (C=O) groups excluding carboxylic acids is 1. The fourth-order valence-corrected chi connectivity index (χ4v) is 1.46. The van der Waals surface area contributed by atoms with E-state index in [2.05, 4.69) is 11.8 Å². The molecule has 1 N–H and O–H groups in total. The molecule has 0 aliphatic carbocycles. The molecule has 0 unspecified atom stereocenters. The van der Waals surface area contributed by atoms with Crippen molar-refractivity contribution in [1.29, 1.82) is 0 Å². The second kappa shape index (κ2) is 7.97. The molecular weight excluding hydrogens is 256 g/mol. The van der Waals surface area contributed by atoms with Crippen molar-refractivity contribution in [3.8, 4) is 11.8 Å². The summed E-state index contributed by atoms with van der Waals surface area (Å²) in [6, 6.07) is 9.11. The molecule has 5 heteroatoms. The summed E-state index contributed by atoms with van der Waals surface area (Å²) in [5.74, 6) is 3.70. The Morgan fingerprint density at radius 1 is 1.15 bits per heavy atom. The number of aliphatic carboxylic acids is 1. The number of benzene rings is 1. The van der Waals surface area contributed by atoms with Gasteiger partial charge in [0.25, 0.3) is 5.91 Å². The first-order valence-corrected chi connectivity index (χ1v) is 6.21. The minimum Gasteiger partial charge on any atom is -0.480 e. The normalized spacial score (nSPS) is 9.75. The summed E-state index contributed by atoms with van der Waals surface area (Å²) in [4.78, 5) is 25.8. The number of carbonyl (C=O) groups is 2. The molecule has 0 aliphatic heterocycles. The van der Waals surface area contributed by atoms with Crippen LogP contribution in [0, 0.1) is 11.8 Å². The number of carboxylic acids is 1. The average Bonchev–Trinajstić information content (AvgIpc) is 2.41. The summed E-state index contributed by atoms with van der Waals surface area (Å²) in [7, 11) is 3.72. The molecule has 1 rings (SSSR count). The molecule has 0 heterocycles. The first-order chi connectivity index (χ1) is 9.49. The van der Waals surface area contributed by atoms with Crippen LogP contribution in [0.15, 0.2) is 30.3 Å². The highest BCUT2D eigenvalue weighted by Gasteiger charge is 2.14. The highest BCUT2D eigenvalue weighted by molar-refractivity contribution is 5.95. The molecular formula is C15H18N2O3. The van der Waals surface area contributed by atoms with Crippen LogP contribution in [0.25, 0.3) is 0 Å². The van der Waals surface area contributed by atoms with Crippen LogP contribution in [-0.2, 0) is 9.59 Å². The predicted molar refractivity (Wildman–Crippen MR) is 76.1 cm³/mol. The van der Waals surface area contributed by atoms with Crippen molar-refractivity contribution in [1.82, 2.24) is 9.80 Å². The Morgan fingerprint density at radius 3 is 2.35 bits per heavy atom. The molecule has 0 saturated heterocycles. The molecule has 1 amide bonds. The van der Waals surface area contributed by atoms with Gasteiger partial charge in [-0.05, 0) is 26.2 Å². The first kappa shape index (κ1) is 15.7. The van der Waals surface area contributed by atoms with Crippen molar-refractivity contribution in [3.63, 3.8) is 0 Å². The smallest absolute Gasteiger partial charge is 0.323 e. The SMILES string of the molecule is CN(C)CCN(CC(=O)O)C(=O)C#Cc1ccccc1. The van der Waals surface area contributed by atoms with E-state index in [1.807, 2.05) is 37.2 Å². The number of rotatable bonds is 5. The monoisotopic (exact) mass is 274 g/mol. The van der Waals surface area contributed by atoms with E-state index in [4.69, 9.17) is 5.11 Å². The van der Waals surface area contributed by atoms with Gasteiger partial charge < -0.3 is 14.9 Å². The maximum absolute atomic E-state index is 11.9. The van der Waals surface area contributed by atoms with Crippen LogP contribution >= 0.6 is 0 Å². The molecule has 0 aromatic heterocycles. The lowest BCUT2D eigenvalue weighted by Gasteiger charge is -2.20. The van der Waals surface area contributed by atoms with Gasteiger partial charge >= 0.3 is 5.97 Å². The molecule has 1 aromatic rings. The van der Waals surface area contributed by atoms with E-state index in [0.717, 1.165) is 5.56 Å². The van der Waals surface area contributed by atoms with Crippen molar-refractivity contribution in [2.75, 3.05) is 33.7 Å². The third kappa shape index (κ3) is 6.03. The van der Waals surface area contributed by atoms with E-state index in [0.29, 0.717) is 13.1 Å². The number of amides is 1. The van der Waals surface area contributed by atoms with Crippen LogP contribution in [0.5, 0.6) is 0 Å². The van der Waals surface area contributed by atoms with Crippen LogP contribution in [-0.4, -0.2) is 60.5 Å². The Kier molecular flexibility index (Phi) is 6.27. The number of nitrogens with zero attached hydrogens (tertiary/aromatic N) is 2. The van der Waals surface area contributed by atoms with Crippen LogP contribution in [0.3, 0.4) is 0 Å². The highest BCUT2D eigenvalue weighted by atomic mass is 16.4. The van der Waals surface area contributed by atoms with Gasteiger partial charge in [0.05, 0.1) is 0 Å². The molecule has 0 aliphatic rings. The van der Waals surface area contributed by atoms with Crippen molar-refractivity contribution in [3.05, 3.63) is 35.9 Å². The molecule has 0 bridgehead atoms. The minimum absolute atomic E-state index is 0.335. The fraction of sp³-hybridized carbons (Fsp3) is 0.333. The Balaban J connectivity index is 2.72. The lowest BCUT2D eigenvalue weighted by atomic mass is 10.2. The van der Waals surface area contributed by atoms with E-state index in [1.165, 1.54) is 4.90 Å². The maximum Gasteiger partial charge on any atom is 0.323 e. The quantitative estimate of drug-likeness (QED) is 0.795. The van der Waals surface area contributed by atoms with Gasteiger partial charge in [0.2, 0.25) is 0 Å². The molecule has 0 atom stereocenters. The standard InChI is InChI=1S/C15H18N2O3/c1-16(2)10-11-17(12-15(19)20)14(18)9-8-13-6-4-3-5-7-13/h3-7H,10-12H2,1-2H3,(H,19,20). The summed E-state index contributed by atoms with van der Waals surface area (Å²) in [5, 5.41) is 8.83. The molecule has 0 radical (unpaired) electrons. The summed E-state index contributed by atoms with van der Waals surface area (Å²) in [6.07, 6.45) is 0. The lowest BCUT2D eigenvalue weighted by Crippen LogP contribution is -2.39. The van der Waals surface area contributed by atoms with E-state index in [9.17, 15) is 9.59 Å². The number of hydrogen-bond donors (Lipinski definition) is 1. The van der Waals surface area contributed by atoms with Crippen molar-refractivity contribution in [2.45, 2.75) is 0 Å². The van der Waals surface area contributed by atoms with Gasteiger partial charge in [-0.1, -0.05) is 24.1 Å². The Morgan fingerprint density at radius 2 is 1.80 bits per heavy atom. The summed E-state index contributed by atoms with van der Waals surface area (Å²) in [5.41, 5.74) is 0.726. The van der Waals surface area contributed by atoms with Gasteiger partial charge in [0.15, 0.2) is 0 Å². The topological polar surface area (TPSA) is 60.9 Å². The third-order valence-electron chi connectivity index (χ3n) is 2.52. The molecule has 20 heavy (non-hydrogen) atoms. The zero-order valence-corrected chi connectivity index (χ0v) is 11.7. The summed E-state index contributed by atoms with van der Waals surface area (Å²) in [6.45, 7) is 0.587. The van der Waals surface area contributed by atoms with Crippen molar-refractivity contribution in [2.24, 2.45) is 0 Å².